The molecule has 4 rings (SSSR count). The zero-order valence-corrected chi connectivity index (χ0v) is 17.3. The molecule has 0 bridgehead atoms. The fourth-order valence-corrected chi connectivity index (χ4v) is 3.76. The van der Waals surface area contributed by atoms with Gasteiger partial charge in [-0.3, -0.25) is 9.59 Å². The van der Waals surface area contributed by atoms with Gasteiger partial charge >= 0.3 is 0 Å². The van der Waals surface area contributed by atoms with E-state index in [2.05, 4.69) is 10.6 Å². The molecule has 2 N–H and O–H groups in total. The first-order valence-electron chi connectivity index (χ1n) is 10.2. The van der Waals surface area contributed by atoms with Crippen molar-refractivity contribution >= 4 is 17.9 Å². The van der Waals surface area contributed by atoms with E-state index in [1.807, 2.05) is 24.3 Å². The molecule has 1 unspecified atom stereocenters. The second-order valence-electron chi connectivity index (χ2n) is 7.38. The van der Waals surface area contributed by atoms with Crippen LogP contribution in [0.4, 0.5) is 0 Å². The molecule has 0 aliphatic heterocycles. The molecule has 0 radical (unpaired) electrons. The van der Waals surface area contributed by atoms with E-state index in [0.717, 1.165) is 30.6 Å². The molecule has 3 aromatic rings. The number of rotatable bonds is 6. The number of nitrogens with one attached hydrogen (secondary N) is 2. The van der Waals surface area contributed by atoms with Crippen molar-refractivity contribution in [3.05, 3.63) is 95.1 Å². The number of furan rings is 1. The van der Waals surface area contributed by atoms with Gasteiger partial charge in [0.1, 0.15) is 17.2 Å². The number of ether oxygens (including phenoxy) is 1. The Labute approximate surface area is 180 Å². The largest absolute Gasteiger partial charge is 0.497 e. The second kappa shape index (κ2) is 9.34. The molecule has 0 saturated heterocycles. The van der Waals surface area contributed by atoms with Crippen LogP contribution in [0.15, 0.2) is 77.0 Å². The maximum absolute atomic E-state index is 13.2. The van der Waals surface area contributed by atoms with Gasteiger partial charge in [0.25, 0.3) is 11.8 Å². The minimum Gasteiger partial charge on any atom is -0.497 e. The van der Waals surface area contributed by atoms with Gasteiger partial charge in [0.2, 0.25) is 0 Å². The first-order chi connectivity index (χ1) is 15.1. The van der Waals surface area contributed by atoms with Crippen LogP contribution in [0.5, 0.6) is 5.75 Å². The molecule has 0 fully saturated rings. The molecule has 6 heteroatoms. The molecule has 0 spiro atoms. The number of hydrogen-bond acceptors (Lipinski definition) is 4. The van der Waals surface area contributed by atoms with Gasteiger partial charge in [0, 0.05) is 11.6 Å². The van der Waals surface area contributed by atoms with E-state index in [9.17, 15) is 9.59 Å². The number of benzene rings is 2. The van der Waals surface area contributed by atoms with E-state index in [-0.39, 0.29) is 23.6 Å². The van der Waals surface area contributed by atoms with E-state index in [0.29, 0.717) is 11.3 Å². The number of carbonyl (C=O) groups excluding carboxylic acids is 2. The Morgan fingerprint density at radius 2 is 1.94 bits per heavy atom. The molecule has 1 heterocycles. The molecule has 2 aromatic carbocycles. The van der Waals surface area contributed by atoms with Crippen molar-refractivity contribution in [2.24, 2.45) is 0 Å². The highest BCUT2D eigenvalue weighted by Crippen LogP contribution is 2.32. The Morgan fingerprint density at radius 1 is 1.10 bits per heavy atom. The SMILES string of the molecule is COc1ccc2c(c1)CCCC2NC(=O)/C(=C/c1ccco1)NC(=O)c1ccccc1. The van der Waals surface area contributed by atoms with Gasteiger partial charge in [-0.1, -0.05) is 24.3 Å². The smallest absolute Gasteiger partial charge is 0.268 e. The van der Waals surface area contributed by atoms with Gasteiger partial charge in [-0.15, -0.1) is 0 Å². The fourth-order valence-electron chi connectivity index (χ4n) is 3.76. The lowest BCUT2D eigenvalue weighted by Gasteiger charge is -2.27. The lowest BCUT2D eigenvalue weighted by atomic mass is 9.87. The summed E-state index contributed by atoms with van der Waals surface area (Å²) >= 11 is 0. The van der Waals surface area contributed by atoms with E-state index < -0.39 is 0 Å². The van der Waals surface area contributed by atoms with Crippen molar-refractivity contribution in [2.45, 2.75) is 25.3 Å². The van der Waals surface area contributed by atoms with Gasteiger partial charge in [-0.2, -0.15) is 0 Å². The second-order valence-corrected chi connectivity index (χ2v) is 7.38. The molecular weight excluding hydrogens is 392 g/mol. The predicted molar refractivity (Wildman–Crippen MR) is 117 cm³/mol. The van der Waals surface area contributed by atoms with Crippen molar-refractivity contribution < 1.29 is 18.7 Å². The summed E-state index contributed by atoms with van der Waals surface area (Å²) in [6.07, 6.45) is 5.78. The van der Waals surface area contributed by atoms with Crippen LogP contribution in [0, 0.1) is 0 Å². The molecule has 31 heavy (non-hydrogen) atoms. The number of methoxy groups -OCH3 is 1. The highest BCUT2D eigenvalue weighted by Gasteiger charge is 2.24. The third kappa shape index (κ3) is 4.86. The zero-order chi connectivity index (χ0) is 21.6. The minimum absolute atomic E-state index is 0.129. The number of amides is 2. The fraction of sp³-hybridized carbons (Fsp3) is 0.200. The summed E-state index contributed by atoms with van der Waals surface area (Å²) in [5, 5.41) is 5.81. The Balaban J connectivity index is 1.56. The Hall–Kier alpha value is -3.80. The van der Waals surface area contributed by atoms with Crippen LogP contribution in [0.3, 0.4) is 0 Å². The molecule has 1 aromatic heterocycles. The monoisotopic (exact) mass is 416 g/mol. The van der Waals surface area contributed by atoms with Gasteiger partial charge in [0.15, 0.2) is 0 Å². The third-order valence-corrected chi connectivity index (χ3v) is 5.33. The normalized spacial score (nSPS) is 15.6. The molecule has 1 aliphatic rings. The van der Waals surface area contributed by atoms with Crippen molar-refractivity contribution in [1.29, 1.82) is 0 Å². The van der Waals surface area contributed by atoms with Crippen molar-refractivity contribution in [2.75, 3.05) is 7.11 Å². The summed E-state index contributed by atoms with van der Waals surface area (Å²) < 4.78 is 10.7. The van der Waals surface area contributed by atoms with E-state index in [1.165, 1.54) is 17.9 Å². The summed E-state index contributed by atoms with van der Waals surface area (Å²) in [7, 11) is 1.64. The van der Waals surface area contributed by atoms with Gasteiger partial charge in [-0.25, -0.2) is 0 Å². The molecular formula is C25H24N2O4. The standard InChI is InChI=1S/C25H24N2O4/c1-30-19-12-13-21-18(15-19)9-5-11-22(21)26-25(29)23(16-20-10-6-14-31-20)27-24(28)17-7-3-2-4-8-17/h2-4,6-8,10,12-16,22H,5,9,11H2,1H3,(H,26,29)(H,27,28)/b23-16-. The summed E-state index contributed by atoms with van der Waals surface area (Å²) in [5.74, 6) is 0.559. The van der Waals surface area contributed by atoms with Crippen molar-refractivity contribution in [3.63, 3.8) is 0 Å². The van der Waals surface area contributed by atoms with E-state index in [4.69, 9.17) is 9.15 Å². The number of hydrogen-bond donors (Lipinski definition) is 2. The van der Waals surface area contributed by atoms with Gasteiger partial charge in [-0.05, 0) is 66.8 Å². The summed E-state index contributed by atoms with van der Waals surface area (Å²) in [6.45, 7) is 0. The van der Waals surface area contributed by atoms with Crippen LogP contribution in [0.1, 0.15) is 46.1 Å². The molecule has 6 nitrogen and oxygen atoms in total. The predicted octanol–water partition coefficient (Wildman–Crippen LogP) is 4.25. The van der Waals surface area contributed by atoms with Crippen LogP contribution >= 0.6 is 0 Å². The number of fused-ring (bicyclic) bond motifs is 1. The van der Waals surface area contributed by atoms with Crippen molar-refractivity contribution in [3.8, 4) is 5.75 Å². The molecule has 1 atom stereocenters. The van der Waals surface area contributed by atoms with E-state index >= 15 is 0 Å². The first kappa shape index (κ1) is 20.5. The maximum Gasteiger partial charge on any atom is 0.268 e. The van der Waals surface area contributed by atoms with Crippen LogP contribution < -0.4 is 15.4 Å². The highest BCUT2D eigenvalue weighted by molar-refractivity contribution is 6.05. The molecule has 158 valence electrons. The Bertz CT molecular complexity index is 1090. The first-order valence-corrected chi connectivity index (χ1v) is 10.2. The zero-order valence-electron chi connectivity index (χ0n) is 17.3. The average Bonchev–Trinajstić information content (AvgIpc) is 3.32. The average molecular weight is 416 g/mol. The van der Waals surface area contributed by atoms with Crippen LogP contribution in [0.2, 0.25) is 0 Å². The highest BCUT2D eigenvalue weighted by atomic mass is 16.5. The Morgan fingerprint density at radius 3 is 2.68 bits per heavy atom. The van der Waals surface area contributed by atoms with Gasteiger partial charge in [0.05, 0.1) is 19.4 Å². The Kier molecular flexibility index (Phi) is 6.17. The quantitative estimate of drug-likeness (QED) is 0.589. The molecule has 2 amide bonds. The molecule has 1 aliphatic carbocycles. The van der Waals surface area contributed by atoms with Crippen LogP contribution in [0.25, 0.3) is 6.08 Å². The number of carbonyl (C=O) groups is 2. The summed E-state index contributed by atoms with van der Waals surface area (Å²) in [6, 6.07) is 18.0. The lowest BCUT2D eigenvalue weighted by molar-refractivity contribution is -0.118. The van der Waals surface area contributed by atoms with Crippen LogP contribution in [-0.4, -0.2) is 18.9 Å². The van der Waals surface area contributed by atoms with E-state index in [1.54, 1.807) is 43.5 Å². The lowest BCUT2D eigenvalue weighted by Crippen LogP contribution is -2.37. The number of aryl methyl sites for hydroxylation is 1. The third-order valence-electron chi connectivity index (χ3n) is 5.33. The van der Waals surface area contributed by atoms with Gasteiger partial charge < -0.3 is 19.8 Å². The minimum atomic E-state index is -0.366. The molecule has 0 saturated carbocycles. The summed E-state index contributed by atoms with van der Waals surface area (Å²) in [5.41, 5.74) is 2.84. The maximum atomic E-state index is 13.2. The topological polar surface area (TPSA) is 80.6 Å². The van der Waals surface area contributed by atoms with Crippen LogP contribution in [-0.2, 0) is 11.2 Å². The van der Waals surface area contributed by atoms with Crippen molar-refractivity contribution in [1.82, 2.24) is 10.6 Å². The summed E-state index contributed by atoms with van der Waals surface area (Å²) in [4.78, 5) is 25.8.